The molecule has 0 aliphatic heterocycles. The predicted molar refractivity (Wildman–Crippen MR) is 315 cm³/mol. The topological polar surface area (TPSA) is 95.9 Å². The number of nitrogens with one attached hydrogen (secondary N) is 1. The monoisotopic (exact) mass is 1020 g/mol. The van der Waals surface area contributed by atoms with Crippen LogP contribution in [0.3, 0.4) is 0 Å². The van der Waals surface area contributed by atoms with E-state index in [1.54, 1.807) is 6.08 Å². The number of carbonyl (C=O) groups excluding carboxylic acids is 2. The summed E-state index contributed by atoms with van der Waals surface area (Å²) in [4.78, 5) is 24.6. The lowest BCUT2D eigenvalue weighted by Gasteiger charge is -2.20. The third-order valence-electron chi connectivity index (χ3n) is 15.6. The van der Waals surface area contributed by atoms with Crippen LogP contribution in [0, 0.1) is 0 Å². The summed E-state index contributed by atoms with van der Waals surface area (Å²) in [5, 5.41) is 23.2. The molecule has 428 valence electrons. The molecule has 0 fully saturated rings. The van der Waals surface area contributed by atoms with E-state index in [9.17, 15) is 19.8 Å². The van der Waals surface area contributed by atoms with Gasteiger partial charge < -0.3 is 20.3 Å². The van der Waals surface area contributed by atoms with Gasteiger partial charge in [0.2, 0.25) is 5.91 Å². The molecule has 0 spiro atoms. The van der Waals surface area contributed by atoms with Crippen LogP contribution >= 0.6 is 0 Å². The number of carbonyl (C=O) groups is 2. The zero-order chi connectivity index (χ0) is 52.2. The van der Waals surface area contributed by atoms with Gasteiger partial charge in [0.05, 0.1) is 25.4 Å². The SMILES string of the molecule is CCCCCCCCCCCCCCCCCCC/C=C/C(O)C(CO)NC(=O)CCCCCCCCCCCCCCCCCCCCCOC(=O)CCCCCCCCCCCCCCCCCCC. The average Bonchev–Trinajstić information content (AvgIpc) is 3.38. The van der Waals surface area contributed by atoms with Gasteiger partial charge in [0, 0.05) is 12.8 Å². The molecule has 0 bridgehead atoms. The van der Waals surface area contributed by atoms with E-state index in [2.05, 4.69) is 19.2 Å². The van der Waals surface area contributed by atoms with Crippen LogP contribution in [0.1, 0.15) is 373 Å². The van der Waals surface area contributed by atoms with Gasteiger partial charge >= 0.3 is 5.97 Å². The van der Waals surface area contributed by atoms with Gasteiger partial charge in [-0.3, -0.25) is 9.59 Å². The molecule has 2 atom stereocenters. The smallest absolute Gasteiger partial charge is 0.305 e. The molecule has 0 rings (SSSR count). The first-order chi connectivity index (χ1) is 35.5. The molecule has 0 aromatic rings. The second kappa shape index (κ2) is 62.1. The first-order valence-corrected chi connectivity index (χ1v) is 33.0. The minimum atomic E-state index is -0.846. The molecule has 3 N–H and O–H groups in total. The van der Waals surface area contributed by atoms with E-state index >= 15 is 0 Å². The van der Waals surface area contributed by atoms with Gasteiger partial charge in [-0.2, -0.15) is 0 Å². The third kappa shape index (κ3) is 57.9. The van der Waals surface area contributed by atoms with E-state index in [0.29, 0.717) is 19.4 Å². The number of unbranched alkanes of at least 4 members (excludes halogenated alkanes) is 51. The van der Waals surface area contributed by atoms with Crippen LogP contribution < -0.4 is 5.32 Å². The second-order valence-electron chi connectivity index (χ2n) is 22.8. The zero-order valence-electron chi connectivity index (χ0n) is 48.9. The van der Waals surface area contributed by atoms with Crippen molar-refractivity contribution in [3.05, 3.63) is 12.2 Å². The highest BCUT2D eigenvalue weighted by Gasteiger charge is 2.18. The molecule has 6 nitrogen and oxygen atoms in total. The molecule has 1 amide bonds. The van der Waals surface area contributed by atoms with Crippen molar-refractivity contribution in [3.63, 3.8) is 0 Å². The molecule has 2 unspecified atom stereocenters. The summed E-state index contributed by atoms with van der Waals surface area (Å²) >= 11 is 0. The Morgan fingerprint density at radius 1 is 0.375 bits per heavy atom. The van der Waals surface area contributed by atoms with E-state index in [1.807, 2.05) is 6.08 Å². The highest BCUT2D eigenvalue weighted by molar-refractivity contribution is 5.76. The summed E-state index contributed by atoms with van der Waals surface area (Å²) in [5.74, 6) is -0.0537. The van der Waals surface area contributed by atoms with E-state index in [4.69, 9.17) is 4.74 Å². The summed E-state index contributed by atoms with van der Waals surface area (Å²) in [5.41, 5.74) is 0. The lowest BCUT2D eigenvalue weighted by molar-refractivity contribution is -0.143. The highest BCUT2D eigenvalue weighted by Crippen LogP contribution is 2.19. The first-order valence-electron chi connectivity index (χ1n) is 33.0. The molecule has 0 radical (unpaired) electrons. The fourth-order valence-corrected chi connectivity index (χ4v) is 10.5. The van der Waals surface area contributed by atoms with Crippen LogP contribution in [0.2, 0.25) is 0 Å². The average molecular weight is 1020 g/mol. The van der Waals surface area contributed by atoms with Gasteiger partial charge in [0.25, 0.3) is 0 Å². The molecular formula is C66H129NO5. The summed E-state index contributed by atoms with van der Waals surface area (Å²) < 4.78 is 5.50. The molecule has 0 aromatic heterocycles. The van der Waals surface area contributed by atoms with E-state index in [1.165, 1.54) is 308 Å². The van der Waals surface area contributed by atoms with Gasteiger partial charge in [-0.1, -0.05) is 341 Å². The van der Waals surface area contributed by atoms with Gasteiger partial charge in [0.1, 0.15) is 0 Å². The number of esters is 1. The van der Waals surface area contributed by atoms with Crippen molar-refractivity contribution >= 4 is 11.9 Å². The van der Waals surface area contributed by atoms with Crippen LogP contribution in [-0.4, -0.2) is 47.4 Å². The van der Waals surface area contributed by atoms with Gasteiger partial charge in [-0.25, -0.2) is 0 Å². The van der Waals surface area contributed by atoms with Crippen LogP contribution in [-0.2, 0) is 14.3 Å². The number of hydrogen-bond donors (Lipinski definition) is 3. The lowest BCUT2D eigenvalue weighted by Crippen LogP contribution is -2.45. The quantitative estimate of drug-likeness (QED) is 0.0320. The zero-order valence-corrected chi connectivity index (χ0v) is 48.9. The normalized spacial score (nSPS) is 12.6. The maximum absolute atomic E-state index is 12.5. The first kappa shape index (κ1) is 70.6. The standard InChI is InChI=1S/C66H129NO5/c1-3-5-7-9-11-13-15-17-19-21-23-27-30-34-38-42-46-50-54-58-64(69)63(62-68)67-65(70)59-55-51-47-43-39-35-31-28-24-22-25-29-33-37-41-45-49-53-57-61-72-66(71)60-56-52-48-44-40-36-32-26-20-18-16-14-12-10-8-6-4-2/h54,58,63-64,68-69H,3-53,55-57,59-62H2,1-2H3,(H,67,70)/b58-54+. The Morgan fingerprint density at radius 2 is 0.639 bits per heavy atom. The summed E-state index contributed by atoms with van der Waals surface area (Å²) in [6.07, 6.45) is 75.4. The van der Waals surface area contributed by atoms with Crippen LogP contribution in [0.25, 0.3) is 0 Å². The predicted octanol–water partition coefficient (Wildman–Crippen LogP) is 20.8. The minimum absolute atomic E-state index is 0.0133. The fraction of sp³-hybridized carbons (Fsp3) is 0.939. The molecule has 0 aromatic carbocycles. The fourth-order valence-electron chi connectivity index (χ4n) is 10.5. The van der Waals surface area contributed by atoms with Gasteiger partial charge in [0.15, 0.2) is 0 Å². The Bertz CT molecular complexity index is 1080. The van der Waals surface area contributed by atoms with Crippen molar-refractivity contribution in [3.8, 4) is 0 Å². The molecule has 0 saturated heterocycles. The third-order valence-corrected chi connectivity index (χ3v) is 15.6. The maximum Gasteiger partial charge on any atom is 0.305 e. The van der Waals surface area contributed by atoms with E-state index in [-0.39, 0.29) is 18.5 Å². The highest BCUT2D eigenvalue weighted by atomic mass is 16.5. The number of rotatable bonds is 62. The lowest BCUT2D eigenvalue weighted by atomic mass is 10.0. The Labute approximate surface area is 450 Å². The molecule has 0 aliphatic rings. The Hall–Kier alpha value is -1.40. The molecule has 6 heteroatoms. The van der Waals surface area contributed by atoms with Gasteiger partial charge in [-0.05, 0) is 32.1 Å². The minimum Gasteiger partial charge on any atom is -0.466 e. The summed E-state index contributed by atoms with van der Waals surface area (Å²) in [7, 11) is 0. The largest absolute Gasteiger partial charge is 0.466 e. The number of ether oxygens (including phenoxy) is 1. The number of aliphatic hydroxyl groups excluding tert-OH is 2. The molecule has 0 aliphatic carbocycles. The van der Waals surface area contributed by atoms with Crippen LogP contribution in [0.5, 0.6) is 0 Å². The van der Waals surface area contributed by atoms with Crippen molar-refractivity contribution in [2.45, 2.75) is 386 Å². The molecule has 0 heterocycles. The summed E-state index contributed by atoms with van der Waals surface area (Å²) in [6.45, 7) is 4.94. The van der Waals surface area contributed by atoms with Gasteiger partial charge in [-0.15, -0.1) is 0 Å². The van der Waals surface area contributed by atoms with Crippen molar-refractivity contribution in [2.75, 3.05) is 13.2 Å². The molecule has 0 saturated carbocycles. The number of hydrogen-bond acceptors (Lipinski definition) is 5. The number of amides is 1. The van der Waals surface area contributed by atoms with Crippen molar-refractivity contribution in [1.29, 1.82) is 0 Å². The summed E-state index contributed by atoms with van der Waals surface area (Å²) in [6, 6.07) is -0.630. The van der Waals surface area contributed by atoms with E-state index < -0.39 is 12.1 Å². The Kier molecular flexibility index (Phi) is 60.9. The second-order valence-corrected chi connectivity index (χ2v) is 22.8. The van der Waals surface area contributed by atoms with Crippen molar-refractivity contribution in [2.24, 2.45) is 0 Å². The Balaban J connectivity index is 3.40. The number of allylic oxidation sites excluding steroid dienone is 1. The van der Waals surface area contributed by atoms with Crippen molar-refractivity contribution < 1.29 is 24.5 Å². The van der Waals surface area contributed by atoms with Crippen LogP contribution in [0.15, 0.2) is 12.2 Å². The van der Waals surface area contributed by atoms with Crippen LogP contribution in [0.4, 0.5) is 0 Å². The molecule has 72 heavy (non-hydrogen) atoms. The molecular weight excluding hydrogens is 887 g/mol. The van der Waals surface area contributed by atoms with Crippen molar-refractivity contribution in [1.82, 2.24) is 5.32 Å². The van der Waals surface area contributed by atoms with E-state index in [0.717, 1.165) is 38.5 Å². The maximum atomic E-state index is 12.5. The number of aliphatic hydroxyl groups is 2. The Morgan fingerprint density at radius 3 is 0.944 bits per heavy atom.